The van der Waals surface area contributed by atoms with E-state index >= 15 is 0 Å². The molecule has 0 spiro atoms. The topological polar surface area (TPSA) is 58.6 Å². The number of fused-ring (bicyclic) bond motifs is 1. The van der Waals surface area contributed by atoms with Gasteiger partial charge in [-0.3, -0.25) is 4.79 Å². The lowest BCUT2D eigenvalue weighted by atomic mass is 10.1. The van der Waals surface area contributed by atoms with E-state index in [1.54, 1.807) is 12.1 Å². The summed E-state index contributed by atoms with van der Waals surface area (Å²) in [4.78, 5) is 11.7. The Balaban J connectivity index is 1.89. The van der Waals surface area contributed by atoms with Gasteiger partial charge in [-0.25, -0.2) is 0 Å². The lowest BCUT2D eigenvalue weighted by molar-refractivity contribution is -0.116. The van der Waals surface area contributed by atoms with Gasteiger partial charge in [0.25, 0.3) is 0 Å². The van der Waals surface area contributed by atoms with Crippen molar-refractivity contribution in [2.45, 2.75) is 25.9 Å². The van der Waals surface area contributed by atoms with Crippen LogP contribution in [0, 0.1) is 0 Å². The van der Waals surface area contributed by atoms with Gasteiger partial charge in [0.2, 0.25) is 5.91 Å². The maximum Gasteiger partial charge on any atom is 0.243 e. The van der Waals surface area contributed by atoms with Crippen LogP contribution in [0.5, 0.6) is 5.75 Å². The largest absolute Gasteiger partial charge is 0.488 e. The van der Waals surface area contributed by atoms with E-state index in [9.17, 15) is 9.90 Å². The fourth-order valence-electron chi connectivity index (χ4n) is 2.07. The van der Waals surface area contributed by atoms with Crippen LogP contribution >= 0.6 is 11.6 Å². The highest BCUT2D eigenvalue weighted by Gasteiger charge is 2.10. The van der Waals surface area contributed by atoms with E-state index in [1.165, 1.54) is 6.08 Å². The highest BCUT2D eigenvalue weighted by atomic mass is 35.5. The van der Waals surface area contributed by atoms with E-state index in [0.717, 1.165) is 16.9 Å². The van der Waals surface area contributed by atoms with Crippen LogP contribution in [0.15, 0.2) is 35.9 Å². The van der Waals surface area contributed by atoms with Gasteiger partial charge in [0, 0.05) is 23.2 Å². The normalized spacial score (nSPS) is 15.0. The minimum Gasteiger partial charge on any atom is -0.488 e. The van der Waals surface area contributed by atoms with Crippen molar-refractivity contribution < 1.29 is 14.6 Å². The van der Waals surface area contributed by atoms with E-state index in [-0.39, 0.29) is 12.0 Å². The highest BCUT2D eigenvalue weighted by molar-refractivity contribution is 6.30. The van der Waals surface area contributed by atoms with E-state index < -0.39 is 0 Å². The monoisotopic (exact) mass is 321 g/mol. The number of halogens is 1. The van der Waals surface area contributed by atoms with Gasteiger partial charge in [-0.2, -0.15) is 0 Å². The molecule has 1 aliphatic heterocycles. The van der Waals surface area contributed by atoms with E-state index in [4.69, 9.17) is 16.3 Å². The summed E-state index contributed by atoms with van der Waals surface area (Å²) >= 11 is 5.96. The number of hydrogen-bond acceptors (Lipinski definition) is 3. The molecule has 0 aromatic heterocycles. The molecule has 2 rings (SSSR count). The van der Waals surface area contributed by atoms with Gasteiger partial charge < -0.3 is 15.2 Å². The number of carbonyl (C=O) groups is 1. The number of hydrogen-bond donors (Lipinski definition) is 2. The Bertz CT molecular complexity index is 596. The van der Waals surface area contributed by atoms with Crippen LogP contribution in [0.25, 0.3) is 6.08 Å². The molecule has 2 N–H and O–H groups in total. The second-order valence-electron chi connectivity index (χ2n) is 5.17. The van der Waals surface area contributed by atoms with E-state index in [0.29, 0.717) is 31.0 Å². The van der Waals surface area contributed by atoms with Crippen molar-refractivity contribution >= 4 is 23.6 Å². The van der Waals surface area contributed by atoms with Gasteiger partial charge in [-0.15, -0.1) is 0 Å². The fraction of sp³-hybridized carbons (Fsp3) is 0.353. The molecule has 0 saturated heterocycles. The molecule has 1 aromatic carbocycles. The zero-order valence-corrected chi connectivity index (χ0v) is 13.3. The number of ether oxygens (including phenoxy) is 1. The third-order valence-corrected chi connectivity index (χ3v) is 3.64. The molecule has 4 nitrogen and oxygen atoms in total. The Labute approximate surface area is 135 Å². The summed E-state index contributed by atoms with van der Waals surface area (Å²) in [6.45, 7) is 2.80. The fourth-order valence-corrected chi connectivity index (χ4v) is 2.25. The zero-order chi connectivity index (χ0) is 15.9. The summed E-state index contributed by atoms with van der Waals surface area (Å²) in [5, 5.41) is 12.8. The molecule has 0 saturated carbocycles. The first-order valence-corrected chi connectivity index (χ1v) is 7.73. The Kier molecular flexibility index (Phi) is 6.04. The summed E-state index contributed by atoms with van der Waals surface area (Å²) in [7, 11) is 0. The van der Waals surface area contributed by atoms with Crippen LogP contribution in [-0.4, -0.2) is 30.3 Å². The molecule has 22 heavy (non-hydrogen) atoms. The van der Waals surface area contributed by atoms with Crippen LogP contribution < -0.4 is 10.1 Å². The standard InChI is InChI=1S/C17H20ClNO3/c1-2-15(20)7-8-19-17(21)6-3-12-9-13-10-14(18)4-5-16(13)22-11-12/h3-6,9-10,15,20H,2,7-8,11H2,1H3,(H,19,21)/b6-3+. The number of benzene rings is 1. The Morgan fingerprint density at radius 1 is 1.55 bits per heavy atom. The Morgan fingerprint density at radius 3 is 3.14 bits per heavy atom. The molecular weight excluding hydrogens is 302 g/mol. The van der Waals surface area contributed by atoms with Crippen molar-refractivity contribution in [3.8, 4) is 5.75 Å². The zero-order valence-electron chi connectivity index (χ0n) is 12.5. The van der Waals surface area contributed by atoms with Gasteiger partial charge in [0.1, 0.15) is 12.4 Å². The van der Waals surface area contributed by atoms with E-state index in [2.05, 4.69) is 5.32 Å². The molecule has 1 atom stereocenters. The third-order valence-electron chi connectivity index (χ3n) is 3.40. The number of amides is 1. The predicted octanol–water partition coefficient (Wildman–Crippen LogP) is 2.95. The first-order chi connectivity index (χ1) is 10.6. The summed E-state index contributed by atoms with van der Waals surface area (Å²) in [5.41, 5.74) is 1.81. The SMILES string of the molecule is CCC(O)CCNC(=O)/C=C/C1=Cc2cc(Cl)ccc2OC1. The van der Waals surface area contributed by atoms with Gasteiger partial charge in [-0.1, -0.05) is 24.6 Å². The highest BCUT2D eigenvalue weighted by Crippen LogP contribution is 2.29. The number of aliphatic hydroxyl groups excluding tert-OH is 1. The van der Waals surface area contributed by atoms with Crippen LogP contribution in [-0.2, 0) is 4.79 Å². The molecule has 1 heterocycles. The van der Waals surface area contributed by atoms with Crippen molar-refractivity contribution in [1.82, 2.24) is 5.32 Å². The third kappa shape index (κ3) is 4.90. The van der Waals surface area contributed by atoms with Crippen molar-refractivity contribution in [2.24, 2.45) is 0 Å². The molecule has 1 aromatic rings. The molecule has 118 valence electrons. The predicted molar refractivity (Wildman–Crippen MR) is 88.0 cm³/mol. The minimum atomic E-state index is -0.361. The molecular formula is C17H20ClNO3. The minimum absolute atomic E-state index is 0.180. The van der Waals surface area contributed by atoms with Crippen molar-refractivity contribution in [1.29, 1.82) is 0 Å². The van der Waals surface area contributed by atoms with E-state index in [1.807, 2.05) is 25.1 Å². The summed E-state index contributed by atoms with van der Waals surface area (Å²) in [6.07, 6.45) is 6.06. The number of nitrogens with one attached hydrogen (secondary N) is 1. The molecule has 1 amide bonds. The van der Waals surface area contributed by atoms with Gasteiger partial charge in [0.05, 0.1) is 6.10 Å². The first-order valence-electron chi connectivity index (χ1n) is 7.35. The number of rotatable bonds is 6. The average Bonchev–Trinajstić information content (AvgIpc) is 2.52. The second-order valence-corrected chi connectivity index (χ2v) is 5.60. The summed E-state index contributed by atoms with van der Waals surface area (Å²) in [5.74, 6) is 0.612. The molecule has 5 heteroatoms. The van der Waals surface area contributed by atoms with Crippen LogP contribution in [0.3, 0.4) is 0 Å². The molecule has 1 unspecified atom stereocenters. The molecule has 0 fully saturated rings. The number of carbonyl (C=O) groups excluding carboxylic acids is 1. The van der Waals surface area contributed by atoms with Crippen molar-refractivity contribution in [2.75, 3.05) is 13.2 Å². The lowest BCUT2D eigenvalue weighted by Crippen LogP contribution is -2.25. The first kappa shape index (κ1) is 16.6. The van der Waals surface area contributed by atoms with Gasteiger partial charge >= 0.3 is 0 Å². The maximum atomic E-state index is 11.7. The van der Waals surface area contributed by atoms with Crippen molar-refractivity contribution in [3.63, 3.8) is 0 Å². The van der Waals surface area contributed by atoms with Crippen LogP contribution in [0.4, 0.5) is 0 Å². The molecule has 0 bridgehead atoms. The summed E-state index contributed by atoms with van der Waals surface area (Å²) < 4.78 is 5.61. The Morgan fingerprint density at radius 2 is 2.36 bits per heavy atom. The van der Waals surface area contributed by atoms with Crippen molar-refractivity contribution in [3.05, 3.63) is 46.5 Å². The lowest BCUT2D eigenvalue weighted by Gasteiger charge is -2.16. The quantitative estimate of drug-likeness (QED) is 0.792. The summed E-state index contributed by atoms with van der Waals surface area (Å²) in [6, 6.07) is 5.45. The molecule has 1 aliphatic rings. The van der Waals surface area contributed by atoms with Crippen LogP contribution in [0.2, 0.25) is 5.02 Å². The Hall–Kier alpha value is -1.78. The molecule has 0 radical (unpaired) electrons. The second kappa shape index (κ2) is 8.01. The average molecular weight is 322 g/mol. The van der Waals surface area contributed by atoms with Gasteiger partial charge in [0.15, 0.2) is 0 Å². The molecule has 0 aliphatic carbocycles. The maximum absolute atomic E-state index is 11.7. The van der Waals surface area contributed by atoms with Gasteiger partial charge in [-0.05, 0) is 42.7 Å². The number of aliphatic hydroxyl groups is 1. The van der Waals surface area contributed by atoms with Crippen LogP contribution in [0.1, 0.15) is 25.3 Å². The smallest absolute Gasteiger partial charge is 0.243 e.